The molecule has 7 heteroatoms. The van der Waals surface area contributed by atoms with Gasteiger partial charge in [-0.3, -0.25) is 9.59 Å². The minimum absolute atomic E-state index is 0.121. The molecule has 1 aromatic heterocycles. The van der Waals surface area contributed by atoms with Crippen LogP contribution in [0.4, 0.5) is 4.39 Å². The zero-order valence-electron chi connectivity index (χ0n) is 11.4. The van der Waals surface area contributed by atoms with E-state index in [9.17, 15) is 14.0 Å². The van der Waals surface area contributed by atoms with E-state index in [1.54, 1.807) is 6.07 Å². The molecule has 0 aliphatic rings. The Morgan fingerprint density at radius 2 is 2.19 bits per heavy atom. The van der Waals surface area contributed by atoms with Gasteiger partial charge >= 0.3 is 0 Å². The van der Waals surface area contributed by atoms with Gasteiger partial charge in [0, 0.05) is 12.6 Å². The summed E-state index contributed by atoms with van der Waals surface area (Å²) < 4.78 is 18.3. The van der Waals surface area contributed by atoms with E-state index in [-0.39, 0.29) is 17.0 Å². The van der Waals surface area contributed by atoms with Crippen molar-refractivity contribution in [1.29, 1.82) is 0 Å². The predicted molar refractivity (Wildman–Crippen MR) is 73.8 cm³/mol. The van der Waals surface area contributed by atoms with Crippen molar-refractivity contribution in [2.45, 2.75) is 6.42 Å². The van der Waals surface area contributed by atoms with Crippen molar-refractivity contribution in [2.24, 2.45) is 0 Å². The van der Waals surface area contributed by atoms with Gasteiger partial charge in [0.05, 0.1) is 7.11 Å². The van der Waals surface area contributed by atoms with Crippen LogP contribution in [-0.4, -0.2) is 29.8 Å². The van der Waals surface area contributed by atoms with Crippen molar-refractivity contribution in [2.75, 3.05) is 13.7 Å². The van der Waals surface area contributed by atoms with E-state index in [0.29, 0.717) is 13.0 Å². The summed E-state index contributed by atoms with van der Waals surface area (Å²) >= 11 is 0. The molecule has 0 saturated heterocycles. The van der Waals surface area contributed by atoms with Crippen molar-refractivity contribution in [3.05, 3.63) is 57.8 Å². The smallest absolute Gasteiger partial charge is 0.271 e. The molecule has 6 nitrogen and oxygen atoms in total. The van der Waals surface area contributed by atoms with E-state index in [0.717, 1.165) is 5.56 Å². The highest BCUT2D eigenvalue weighted by molar-refractivity contribution is 5.91. The Morgan fingerprint density at radius 1 is 1.38 bits per heavy atom. The zero-order valence-corrected chi connectivity index (χ0v) is 11.4. The SMILES string of the molecule is COc1ccc(CCNC(=O)c2ccc(=O)[nH]n2)cc1F. The molecule has 2 rings (SSSR count). The van der Waals surface area contributed by atoms with E-state index in [2.05, 4.69) is 15.5 Å². The van der Waals surface area contributed by atoms with Crippen molar-refractivity contribution in [3.63, 3.8) is 0 Å². The fourth-order valence-corrected chi connectivity index (χ4v) is 1.75. The number of rotatable bonds is 5. The van der Waals surface area contributed by atoms with Crippen LogP contribution in [0.15, 0.2) is 35.1 Å². The van der Waals surface area contributed by atoms with Gasteiger partial charge in [-0.1, -0.05) is 6.07 Å². The maximum Gasteiger partial charge on any atom is 0.271 e. The molecule has 2 aromatic rings. The Kier molecular flexibility index (Phi) is 4.65. The van der Waals surface area contributed by atoms with Gasteiger partial charge in [-0.05, 0) is 30.2 Å². The van der Waals surface area contributed by atoms with Crippen molar-refractivity contribution >= 4 is 5.91 Å². The minimum Gasteiger partial charge on any atom is -0.494 e. The summed E-state index contributed by atoms with van der Waals surface area (Å²) in [6.07, 6.45) is 0.468. The van der Waals surface area contributed by atoms with Crippen LogP contribution in [0.3, 0.4) is 0 Å². The van der Waals surface area contributed by atoms with Crippen LogP contribution in [0.5, 0.6) is 5.75 Å². The molecular weight excluding hydrogens is 277 g/mol. The molecular formula is C14H14FN3O3. The van der Waals surface area contributed by atoms with Gasteiger partial charge in [0.1, 0.15) is 5.69 Å². The summed E-state index contributed by atoms with van der Waals surface area (Å²) in [4.78, 5) is 22.6. The normalized spacial score (nSPS) is 10.2. The maximum atomic E-state index is 13.5. The first-order valence-corrected chi connectivity index (χ1v) is 6.26. The van der Waals surface area contributed by atoms with E-state index in [1.165, 1.54) is 31.4 Å². The Balaban J connectivity index is 1.89. The summed E-state index contributed by atoms with van der Waals surface area (Å²) in [6.45, 7) is 0.325. The first kappa shape index (κ1) is 14.7. The average molecular weight is 291 g/mol. The number of hydrogen-bond donors (Lipinski definition) is 2. The molecule has 0 saturated carbocycles. The Morgan fingerprint density at radius 3 is 2.81 bits per heavy atom. The number of carbonyl (C=O) groups is 1. The quantitative estimate of drug-likeness (QED) is 0.857. The van der Waals surface area contributed by atoms with Gasteiger partial charge < -0.3 is 10.1 Å². The summed E-state index contributed by atoms with van der Waals surface area (Å²) in [7, 11) is 1.40. The van der Waals surface area contributed by atoms with E-state index in [1.807, 2.05) is 0 Å². The summed E-state index contributed by atoms with van der Waals surface area (Å²) in [5.74, 6) is -0.663. The Hall–Kier alpha value is -2.70. The first-order valence-electron chi connectivity index (χ1n) is 6.26. The number of nitrogens with one attached hydrogen (secondary N) is 2. The minimum atomic E-state index is -0.441. The lowest BCUT2D eigenvalue weighted by Gasteiger charge is -2.06. The second kappa shape index (κ2) is 6.65. The topological polar surface area (TPSA) is 84.1 Å². The third kappa shape index (κ3) is 3.88. The van der Waals surface area contributed by atoms with Crippen LogP contribution in [0.25, 0.3) is 0 Å². The Labute approximate surface area is 120 Å². The molecule has 0 aliphatic carbocycles. The van der Waals surface area contributed by atoms with Gasteiger partial charge in [-0.2, -0.15) is 5.10 Å². The van der Waals surface area contributed by atoms with Crippen LogP contribution < -0.4 is 15.6 Å². The molecule has 0 fully saturated rings. The molecule has 21 heavy (non-hydrogen) atoms. The molecule has 0 unspecified atom stereocenters. The number of amides is 1. The monoisotopic (exact) mass is 291 g/mol. The lowest BCUT2D eigenvalue weighted by molar-refractivity contribution is 0.0948. The molecule has 0 radical (unpaired) electrons. The van der Waals surface area contributed by atoms with Crippen molar-refractivity contribution < 1.29 is 13.9 Å². The number of hydrogen-bond acceptors (Lipinski definition) is 4. The highest BCUT2D eigenvalue weighted by atomic mass is 19.1. The average Bonchev–Trinajstić information content (AvgIpc) is 2.48. The highest BCUT2D eigenvalue weighted by Crippen LogP contribution is 2.17. The third-order valence-electron chi connectivity index (χ3n) is 2.83. The number of ether oxygens (including phenoxy) is 1. The number of benzene rings is 1. The molecule has 1 aromatic carbocycles. The lowest BCUT2D eigenvalue weighted by atomic mass is 10.1. The molecule has 0 aliphatic heterocycles. The zero-order chi connectivity index (χ0) is 15.2. The Bertz CT molecular complexity index is 680. The van der Waals surface area contributed by atoms with Gasteiger partial charge in [0.15, 0.2) is 11.6 Å². The molecule has 0 spiro atoms. The second-order valence-electron chi connectivity index (χ2n) is 4.28. The third-order valence-corrected chi connectivity index (χ3v) is 2.83. The molecule has 110 valence electrons. The standard InChI is InChI=1S/C14H14FN3O3/c1-21-12-4-2-9(8-10(12)15)6-7-16-14(20)11-3-5-13(19)18-17-11/h2-5,8H,6-7H2,1H3,(H,16,20)(H,18,19). The van der Waals surface area contributed by atoms with Gasteiger partial charge in [-0.15, -0.1) is 0 Å². The maximum absolute atomic E-state index is 13.5. The number of aromatic nitrogens is 2. The highest BCUT2D eigenvalue weighted by Gasteiger charge is 2.07. The first-order chi connectivity index (χ1) is 10.1. The van der Waals surface area contributed by atoms with E-state index < -0.39 is 11.7 Å². The number of H-pyrrole nitrogens is 1. The van der Waals surface area contributed by atoms with E-state index in [4.69, 9.17) is 4.74 Å². The number of methoxy groups -OCH3 is 1. The van der Waals surface area contributed by atoms with Crippen LogP contribution in [0, 0.1) is 5.82 Å². The molecule has 2 N–H and O–H groups in total. The number of nitrogens with zero attached hydrogens (tertiary/aromatic N) is 1. The number of carbonyl (C=O) groups excluding carboxylic acids is 1. The van der Waals surface area contributed by atoms with Gasteiger partial charge in [0.25, 0.3) is 11.5 Å². The van der Waals surface area contributed by atoms with Crippen molar-refractivity contribution in [3.8, 4) is 5.75 Å². The van der Waals surface area contributed by atoms with Crippen LogP contribution in [0.2, 0.25) is 0 Å². The summed E-state index contributed by atoms with van der Waals surface area (Å²) in [6, 6.07) is 7.19. The molecule has 0 atom stereocenters. The van der Waals surface area contributed by atoms with E-state index >= 15 is 0 Å². The fourth-order valence-electron chi connectivity index (χ4n) is 1.75. The number of halogens is 1. The van der Waals surface area contributed by atoms with Crippen LogP contribution in [0.1, 0.15) is 16.1 Å². The largest absolute Gasteiger partial charge is 0.494 e. The summed E-state index contributed by atoms with van der Waals surface area (Å²) in [5, 5.41) is 8.43. The van der Waals surface area contributed by atoms with Gasteiger partial charge in [0.2, 0.25) is 0 Å². The predicted octanol–water partition coefficient (Wildman–Crippen LogP) is 0.890. The van der Waals surface area contributed by atoms with Crippen LogP contribution in [-0.2, 0) is 6.42 Å². The molecule has 1 amide bonds. The number of aromatic amines is 1. The summed E-state index contributed by atoms with van der Waals surface area (Å²) in [5.41, 5.74) is 0.485. The van der Waals surface area contributed by atoms with Crippen molar-refractivity contribution in [1.82, 2.24) is 15.5 Å². The molecule has 1 heterocycles. The molecule has 0 bridgehead atoms. The fraction of sp³-hybridized carbons (Fsp3) is 0.214. The lowest BCUT2D eigenvalue weighted by Crippen LogP contribution is -2.27. The van der Waals surface area contributed by atoms with Crippen LogP contribution >= 0.6 is 0 Å². The second-order valence-corrected chi connectivity index (χ2v) is 4.28. The van der Waals surface area contributed by atoms with Gasteiger partial charge in [-0.25, -0.2) is 9.49 Å².